The lowest BCUT2D eigenvalue weighted by molar-refractivity contribution is 0.0682. The van der Waals surface area contributed by atoms with E-state index in [0.717, 1.165) is 11.8 Å². The molecule has 4 heterocycles. The van der Waals surface area contributed by atoms with Gasteiger partial charge in [-0.3, -0.25) is 14.3 Å². The van der Waals surface area contributed by atoms with Crippen LogP contribution in [0.5, 0.6) is 5.75 Å². The summed E-state index contributed by atoms with van der Waals surface area (Å²) in [7, 11) is 1.88. The molecule has 1 aliphatic heterocycles. The van der Waals surface area contributed by atoms with Gasteiger partial charge in [0.25, 0.3) is 5.56 Å². The van der Waals surface area contributed by atoms with Crippen molar-refractivity contribution in [1.82, 2.24) is 24.4 Å². The Morgan fingerprint density at radius 3 is 2.62 bits per heavy atom. The minimum absolute atomic E-state index is 0.0586. The first kappa shape index (κ1) is 26.4. The second kappa shape index (κ2) is 10.0. The number of pyridine rings is 2. The zero-order chi connectivity index (χ0) is 27.1. The number of allylic oxidation sites excluding steroid dienone is 2. The van der Waals surface area contributed by atoms with E-state index in [-0.39, 0.29) is 34.9 Å². The molecule has 1 aliphatic rings. The van der Waals surface area contributed by atoms with Crippen molar-refractivity contribution in [3.8, 4) is 5.75 Å². The summed E-state index contributed by atoms with van der Waals surface area (Å²) in [5.41, 5.74) is 0.725. The van der Waals surface area contributed by atoms with Gasteiger partial charge in [-0.1, -0.05) is 11.6 Å². The summed E-state index contributed by atoms with van der Waals surface area (Å²) in [6, 6.07) is 3.68. The van der Waals surface area contributed by atoms with Gasteiger partial charge in [-0.15, -0.1) is 0 Å². The minimum Gasteiger partial charge on any atom is -0.485 e. The summed E-state index contributed by atoms with van der Waals surface area (Å²) in [5.74, 6) is -1.32. The van der Waals surface area contributed by atoms with Crippen LogP contribution in [-0.4, -0.2) is 36.6 Å². The molecule has 1 atom stereocenters. The normalized spacial score (nSPS) is 15.9. The predicted octanol–water partition coefficient (Wildman–Crippen LogP) is 4.51. The van der Waals surface area contributed by atoms with E-state index in [1.54, 1.807) is 39.1 Å². The van der Waals surface area contributed by atoms with Crippen LogP contribution < -0.4 is 10.3 Å². The van der Waals surface area contributed by atoms with Crippen LogP contribution in [0.2, 0.25) is 5.02 Å². The van der Waals surface area contributed by atoms with E-state index in [2.05, 4.69) is 15.0 Å². The molecule has 0 fully saturated rings. The van der Waals surface area contributed by atoms with Crippen LogP contribution in [0.15, 0.2) is 53.2 Å². The highest BCUT2D eigenvalue weighted by Gasteiger charge is 2.26. The molecule has 0 bridgehead atoms. The van der Waals surface area contributed by atoms with Gasteiger partial charge < -0.3 is 14.7 Å². The lowest BCUT2D eigenvalue weighted by Gasteiger charge is -2.31. The quantitative estimate of drug-likeness (QED) is 0.502. The van der Waals surface area contributed by atoms with Crippen LogP contribution in [0.3, 0.4) is 0 Å². The number of rotatable bonds is 6. The molecule has 0 radical (unpaired) electrons. The Morgan fingerprint density at radius 2 is 1.95 bits per heavy atom. The van der Waals surface area contributed by atoms with Crippen molar-refractivity contribution in [2.24, 2.45) is 0 Å². The first-order valence-electron chi connectivity index (χ1n) is 11.4. The Balaban J connectivity index is 1.71. The fourth-order valence-corrected chi connectivity index (χ4v) is 4.20. The number of hydrogen-bond donors (Lipinski definition) is 1. The lowest BCUT2D eigenvalue weighted by Crippen LogP contribution is -2.29. The van der Waals surface area contributed by atoms with Gasteiger partial charge in [-0.05, 0) is 45.4 Å². The van der Waals surface area contributed by atoms with Crippen molar-refractivity contribution in [1.29, 1.82) is 0 Å². The average molecular weight is 530 g/mol. The molecule has 0 saturated heterocycles. The number of aryl methyl sites for hydroxylation is 1. The number of hydrogen-bond acceptors (Lipinski definition) is 7. The van der Waals surface area contributed by atoms with E-state index in [4.69, 9.17) is 16.3 Å². The second-order valence-corrected chi connectivity index (χ2v) is 9.69. The van der Waals surface area contributed by atoms with Gasteiger partial charge in [0.2, 0.25) is 0 Å². The fraction of sp³-hybridized carbons (Fsp3) is 0.308. The first-order valence-corrected chi connectivity index (χ1v) is 11.8. The number of halogens is 3. The van der Waals surface area contributed by atoms with E-state index in [9.17, 15) is 18.7 Å². The van der Waals surface area contributed by atoms with Crippen LogP contribution >= 0.6 is 11.6 Å². The maximum atomic E-state index is 13.9. The van der Waals surface area contributed by atoms with Crippen molar-refractivity contribution in [3.63, 3.8) is 0 Å². The van der Waals surface area contributed by atoms with Gasteiger partial charge in [-0.2, -0.15) is 0 Å². The van der Waals surface area contributed by atoms with Crippen molar-refractivity contribution >= 4 is 17.3 Å². The molecule has 0 aliphatic carbocycles. The van der Waals surface area contributed by atoms with Gasteiger partial charge in [0, 0.05) is 37.3 Å². The Bertz CT molecular complexity index is 1480. The summed E-state index contributed by atoms with van der Waals surface area (Å²) in [6.45, 7) is 6.47. The Kier molecular flexibility index (Phi) is 7.16. The number of ether oxygens (including phenoxy) is 1. The molecule has 37 heavy (non-hydrogen) atoms. The van der Waals surface area contributed by atoms with E-state index in [0.29, 0.717) is 23.2 Å². The molecule has 8 nitrogen and oxygen atoms in total. The third-order valence-electron chi connectivity index (χ3n) is 5.87. The maximum Gasteiger partial charge on any atom is 0.277 e. The molecular formula is C26H26ClF2N5O3. The SMILES string of the molecule is CC1=CN(C)C(c2ccnc(C(C)(C)O)n2)C=C1n1c(C)cc(OCc2ncc(F)cc2F)c(Cl)c1=O. The molecule has 3 aromatic heterocycles. The third kappa shape index (κ3) is 5.40. The van der Waals surface area contributed by atoms with Crippen LogP contribution in [0, 0.1) is 18.6 Å². The number of aromatic nitrogens is 4. The number of likely N-dealkylation sites (N-methyl/N-ethyl adjacent to an activating group) is 1. The number of aliphatic hydroxyl groups is 1. The maximum absolute atomic E-state index is 13.9. The monoisotopic (exact) mass is 529 g/mol. The standard InChI is InChI=1S/C26H26ClF2N5O3/c1-14-12-33(5)21(18-6-7-30-25(32-18)26(3,4)36)10-20(14)34-15(2)8-22(23(27)24(34)35)37-13-19-17(29)9-16(28)11-31-19/h6-12,21,36H,13H2,1-5H3. The highest BCUT2D eigenvalue weighted by molar-refractivity contribution is 6.31. The van der Waals surface area contributed by atoms with Gasteiger partial charge in [0.15, 0.2) is 11.6 Å². The topological polar surface area (TPSA) is 93.4 Å². The summed E-state index contributed by atoms with van der Waals surface area (Å²) < 4.78 is 34.1. The molecule has 0 saturated carbocycles. The Labute approximate surface area is 217 Å². The predicted molar refractivity (Wildman–Crippen MR) is 135 cm³/mol. The van der Waals surface area contributed by atoms with Crippen LogP contribution in [0.25, 0.3) is 5.70 Å². The fourth-order valence-electron chi connectivity index (χ4n) is 4.01. The van der Waals surface area contributed by atoms with Gasteiger partial charge in [0.05, 0.1) is 23.6 Å². The van der Waals surface area contributed by atoms with Crippen molar-refractivity contribution in [2.75, 3.05) is 7.05 Å². The number of nitrogens with zero attached hydrogens (tertiary/aromatic N) is 5. The summed E-state index contributed by atoms with van der Waals surface area (Å²) >= 11 is 6.38. The zero-order valence-corrected chi connectivity index (χ0v) is 21.7. The minimum atomic E-state index is -1.22. The van der Waals surface area contributed by atoms with Gasteiger partial charge >= 0.3 is 0 Å². The smallest absolute Gasteiger partial charge is 0.277 e. The Morgan fingerprint density at radius 1 is 1.22 bits per heavy atom. The third-order valence-corrected chi connectivity index (χ3v) is 6.22. The summed E-state index contributed by atoms with van der Waals surface area (Å²) in [6.07, 6.45) is 6.24. The molecule has 0 aromatic carbocycles. The Hall–Kier alpha value is -3.63. The average Bonchev–Trinajstić information content (AvgIpc) is 2.82. The summed E-state index contributed by atoms with van der Waals surface area (Å²) in [5, 5.41) is 10.2. The van der Waals surface area contributed by atoms with Gasteiger partial charge in [0.1, 0.15) is 34.5 Å². The van der Waals surface area contributed by atoms with Crippen molar-refractivity contribution in [2.45, 2.75) is 45.9 Å². The molecule has 0 spiro atoms. The van der Waals surface area contributed by atoms with E-state index in [1.807, 2.05) is 31.1 Å². The van der Waals surface area contributed by atoms with Crippen LogP contribution in [0.1, 0.15) is 49.7 Å². The molecule has 1 unspecified atom stereocenters. The van der Waals surface area contributed by atoms with Gasteiger partial charge in [-0.25, -0.2) is 18.7 Å². The zero-order valence-electron chi connectivity index (χ0n) is 21.0. The van der Waals surface area contributed by atoms with E-state index < -0.39 is 22.8 Å². The van der Waals surface area contributed by atoms with E-state index >= 15 is 0 Å². The molecule has 3 aromatic rings. The van der Waals surface area contributed by atoms with Crippen LogP contribution in [0.4, 0.5) is 8.78 Å². The van der Waals surface area contributed by atoms with Crippen LogP contribution in [-0.2, 0) is 12.2 Å². The lowest BCUT2D eigenvalue weighted by atomic mass is 10.0. The molecule has 1 N–H and O–H groups in total. The molecule has 0 amide bonds. The molecule has 4 rings (SSSR count). The molecule has 11 heteroatoms. The van der Waals surface area contributed by atoms with Crippen molar-refractivity contribution < 1.29 is 18.6 Å². The van der Waals surface area contributed by atoms with E-state index in [1.165, 1.54) is 4.57 Å². The van der Waals surface area contributed by atoms with Crippen molar-refractivity contribution in [3.05, 3.63) is 98.4 Å². The largest absolute Gasteiger partial charge is 0.485 e. The second-order valence-electron chi connectivity index (χ2n) is 9.31. The highest BCUT2D eigenvalue weighted by atomic mass is 35.5. The summed E-state index contributed by atoms with van der Waals surface area (Å²) in [4.78, 5) is 27.7. The molecule has 194 valence electrons. The highest BCUT2D eigenvalue weighted by Crippen LogP contribution is 2.33. The molecular weight excluding hydrogens is 504 g/mol. The first-order chi connectivity index (χ1) is 17.4.